The Morgan fingerprint density at radius 1 is 1.07 bits per heavy atom. The molecule has 1 amide bonds. The SMILES string of the molecule is COCC[C@@H]1[C@@H](C)CCC[C@@H](CO)[C@@H]2CC[C@H]2CN2CCCCc3cc(Cl)ccc3COc3ccc(cc32)C(=O)NS1(=O)=O. The standard InChI is InChI=1S/C34H47ClN2O6S/c1-23-6-5-8-27(21-38)30-13-10-26(30)20-37-16-4-3-7-24-18-29(35)12-9-28(24)22-43-32-14-11-25(19-31(32)37)34(39)36-44(40,41)33(23)15-17-42-2/h9,11-12,14,18-19,23,26-27,30,33,38H,3-8,10,13,15-17,20-22H2,1-2H3,(H,36,39)/t23-,26-,27-,30+,33+/m0/s1. The molecule has 0 spiro atoms. The van der Waals surface area contributed by atoms with Crippen molar-refractivity contribution < 1.29 is 27.8 Å². The average molecular weight is 647 g/mol. The molecule has 2 aromatic carbocycles. The van der Waals surface area contributed by atoms with Crippen molar-refractivity contribution >= 4 is 33.2 Å². The van der Waals surface area contributed by atoms with Gasteiger partial charge in [0, 0.05) is 44.0 Å². The molecule has 1 fully saturated rings. The molecule has 5 rings (SSSR count). The summed E-state index contributed by atoms with van der Waals surface area (Å²) in [7, 11) is -2.43. The van der Waals surface area contributed by atoms with Crippen LogP contribution in [-0.4, -0.2) is 58.1 Å². The number of hydrogen-bond donors (Lipinski definition) is 2. The maximum atomic E-state index is 13.6. The molecular weight excluding hydrogens is 600 g/mol. The lowest BCUT2D eigenvalue weighted by Crippen LogP contribution is -2.43. The number of benzene rings is 2. The van der Waals surface area contributed by atoms with E-state index in [4.69, 9.17) is 21.1 Å². The van der Waals surface area contributed by atoms with E-state index in [-0.39, 0.29) is 30.6 Å². The van der Waals surface area contributed by atoms with Gasteiger partial charge >= 0.3 is 0 Å². The van der Waals surface area contributed by atoms with Crippen LogP contribution in [0.1, 0.15) is 79.8 Å². The first-order valence-electron chi connectivity index (χ1n) is 16.1. The Balaban J connectivity index is 1.53. The highest BCUT2D eigenvalue weighted by Crippen LogP contribution is 2.44. The number of aliphatic hydroxyl groups is 1. The normalized spacial score (nSPS) is 27.9. The summed E-state index contributed by atoms with van der Waals surface area (Å²) in [5.74, 6) is 0.886. The third-order valence-electron chi connectivity index (χ3n) is 10.1. The minimum Gasteiger partial charge on any atom is -0.487 e. The van der Waals surface area contributed by atoms with Gasteiger partial charge in [0.25, 0.3) is 5.91 Å². The van der Waals surface area contributed by atoms with E-state index in [9.17, 15) is 18.3 Å². The molecule has 242 valence electrons. The molecule has 1 aliphatic carbocycles. The highest BCUT2D eigenvalue weighted by atomic mass is 35.5. The minimum absolute atomic E-state index is 0.141. The lowest BCUT2D eigenvalue weighted by molar-refractivity contribution is 0.0574. The van der Waals surface area contributed by atoms with Crippen LogP contribution < -0.4 is 14.4 Å². The van der Waals surface area contributed by atoms with Crippen molar-refractivity contribution in [3.63, 3.8) is 0 Å². The lowest BCUT2D eigenvalue weighted by Gasteiger charge is -2.44. The van der Waals surface area contributed by atoms with Gasteiger partial charge in [0.15, 0.2) is 0 Å². The van der Waals surface area contributed by atoms with Crippen LogP contribution in [0, 0.1) is 23.7 Å². The zero-order valence-electron chi connectivity index (χ0n) is 26.0. The number of carbonyl (C=O) groups is 1. The molecule has 10 heteroatoms. The Labute approximate surface area is 267 Å². The molecule has 0 unspecified atom stereocenters. The summed E-state index contributed by atoms with van der Waals surface area (Å²) in [5.41, 5.74) is 3.35. The smallest absolute Gasteiger partial charge is 0.264 e. The van der Waals surface area contributed by atoms with Gasteiger partial charge in [-0.25, -0.2) is 13.1 Å². The van der Waals surface area contributed by atoms with Crippen molar-refractivity contribution in [3.8, 4) is 5.75 Å². The summed E-state index contributed by atoms with van der Waals surface area (Å²) in [6, 6.07) is 11.1. The van der Waals surface area contributed by atoms with Gasteiger partial charge in [-0.1, -0.05) is 31.0 Å². The number of carbonyl (C=O) groups excluding carboxylic acids is 1. The fourth-order valence-corrected chi connectivity index (χ4v) is 9.25. The minimum atomic E-state index is -3.98. The number of aryl methyl sites for hydroxylation is 1. The predicted molar refractivity (Wildman–Crippen MR) is 174 cm³/mol. The maximum absolute atomic E-state index is 13.6. The summed E-state index contributed by atoms with van der Waals surface area (Å²) in [6.07, 6.45) is 7.69. The number of methoxy groups -OCH3 is 1. The number of sulfonamides is 1. The predicted octanol–water partition coefficient (Wildman–Crippen LogP) is 5.98. The van der Waals surface area contributed by atoms with Crippen LogP contribution in [0.3, 0.4) is 0 Å². The second-order valence-corrected chi connectivity index (χ2v) is 15.3. The number of aliphatic hydroxyl groups excluding tert-OH is 1. The van der Waals surface area contributed by atoms with E-state index in [0.717, 1.165) is 69.3 Å². The van der Waals surface area contributed by atoms with E-state index in [1.165, 1.54) is 5.56 Å². The molecule has 0 aromatic heterocycles. The van der Waals surface area contributed by atoms with Crippen molar-refractivity contribution in [2.75, 3.05) is 38.3 Å². The molecule has 5 atom stereocenters. The van der Waals surface area contributed by atoms with Gasteiger partial charge in [0.05, 0.1) is 10.9 Å². The van der Waals surface area contributed by atoms with E-state index >= 15 is 0 Å². The average Bonchev–Trinajstić information content (AvgIpc) is 3.01. The van der Waals surface area contributed by atoms with Gasteiger partial charge in [0.1, 0.15) is 12.4 Å². The van der Waals surface area contributed by atoms with Gasteiger partial charge in [-0.15, -0.1) is 0 Å². The first-order valence-corrected chi connectivity index (χ1v) is 18.1. The number of fused-ring (bicyclic) bond motifs is 3. The second kappa shape index (κ2) is 14.8. The number of nitrogens with zero attached hydrogens (tertiary/aromatic N) is 1. The molecule has 0 radical (unpaired) electrons. The van der Waals surface area contributed by atoms with Gasteiger partial charge in [0.2, 0.25) is 10.0 Å². The van der Waals surface area contributed by atoms with Gasteiger partial charge in [-0.3, -0.25) is 4.79 Å². The van der Waals surface area contributed by atoms with E-state index in [2.05, 4.69) is 9.62 Å². The van der Waals surface area contributed by atoms with Gasteiger partial charge in [-0.2, -0.15) is 0 Å². The van der Waals surface area contributed by atoms with Crippen LogP contribution in [0.4, 0.5) is 5.69 Å². The third kappa shape index (κ3) is 7.72. The number of nitrogens with one attached hydrogen (secondary N) is 1. The number of rotatable bonds is 4. The summed E-state index contributed by atoms with van der Waals surface area (Å²) < 4.78 is 41.3. The quantitative estimate of drug-likeness (QED) is 0.421. The second-order valence-electron chi connectivity index (χ2n) is 12.9. The Morgan fingerprint density at radius 3 is 2.66 bits per heavy atom. The van der Waals surface area contributed by atoms with Gasteiger partial charge in [-0.05, 0) is 116 Å². The zero-order valence-corrected chi connectivity index (χ0v) is 27.5. The lowest BCUT2D eigenvalue weighted by atomic mass is 9.65. The van der Waals surface area contributed by atoms with E-state index < -0.39 is 21.2 Å². The first-order chi connectivity index (χ1) is 21.2. The van der Waals surface area contributed by atoms with Crippen molar-refractivity contribution in [2.45, 2.75) is 76.6 Å². The number of halogens is 1. The Bertz CT molecular complexity index is 1400. The van der Waals surface area contributed by atoms with Crippen LogP contribution in [0.5, 0.6) is 5.75 Å². The molecule has 44 heavy (non-hydrogen) atoms. The highest BCUT2D eigenvalue weighted by molar-refractivity contribution is 7.90. The zero-order chi connectivity index (χ0) is 31.3. The molecule has 8 nitrogen and oxygen atoms in total. The van der Waals surface area contributed by atoms with Crippen molar-refractivity contribution in [1.82, 2.24) is 4.72 Å². The third-order valence-corrected chi connectivity index (χ3v) is 12.3. The molecule has 2 aliphatic heterocycles. The van der Waals surface area contributed by atoms with Crippen molar-refractivity contribution in [3.05, 3.63) is 58.1 Å². The summed E-state index contributed by atoms with van der Waals surface area (Å²) >= 11 is 6.33. The fourth-order valence-electron chi connectivity index (χ4n) is 7.38. The van der Waals surface area contributed by atoms with Crippen LogP contribution in [-0.2, 0) is 27.8 Å². The summed E-state index contributed by atoms with van der Waals surface area (Å²) in [5, 5.41) is 10.4. The largest absolute Gasteiger partial charge is 0.487 e. The highest BCUT2D eigenvalue weighted by Gasteiger charge is 2.39. The van der Waals surface area contributed by atoms with E-state index in [0.29, 0.717) is 42.1 Å². The molecule has 2 N–H and O–H groups in total. The molecule has 1 saturated carbocycles. The molecule has 2 aromatic rings. The van der Waals surface area contributed by atoms with Crippen LogP contribution in [0.2, 0.25) is 5.02 Å². The number of anilines is 1. The molecule has 3 aliphatic rings. The molecule has 0 saturated heterocycles. The van der Waals surface area contributed by atoms with E-state index in [1.54, 1.807) is 25.3 Å². The topological polar surface area (TPSA) is 105 Å². The Kier molecular flexibility index (Phi) is 11.1. The Hall–Kier alpha value is -2.33. The fraction of sp³-hybridized carbons (Fsp3) is 0.618. The monoisotopic (exact) mass is 646 g/mol. The van der Waals surface area contributed by atoms with Crippen molar-refractivity contribution in [1.29, 1.82) is 0 Å². The number of ether oxygens (including phenoxy) is 2. The van der Waals surface area contributed by atoms with Gasteiger partial charge < -0.3 is 19.5 Å². The Morgan fingerprint density at radius 2 is 1.91 bits per heavy atom. The van der Waals surface area contributed by atoms with Crippen LogP contribution >= 0.6 is 11.6 Å². The molecular formula is C34H47ClN2O6S. The van der Waals surface area contributed by atoms with Crippen molar-refractivity contribution in [2.24, 2.45) is 23.7 Å². The van der Waals surface area contributed by atoms with Crippen LogP contribution in [0.15, 0.2) is 36.4 Å². The summed E-state index contributed by atoms with van der Waals surface area (Å²) in [6.45, 7) is 4.31. The molecule has 2 bridgehead atoms. The van der Waals surface area contributed by atoms with Crippen LogP contribution in [0.25, 0.3) is 0 Å². The molecule has 2 heterocycles. The maximum Gasteiger partial charge on any atom is 0.264 e. The summed E-state index contributed by atoms with van der Waals surface area (Å²) in [4.78, 5) is 15.9. The number of hydrogen-bond acceptors (Lipinski definition) is 7. The first kappa shape index (κ1) is 33.0. The number of amides is 1. The van der Waals surface area contributed by atoms with E-state index in [1.807, 2.05) is 25.1 Å².